The van der Waals surface area contributed by atoms with Gasteiger partial charge in [-0.25, -0.2) is 0 Å². The summed E-state index contributed by atoms with van der Waals surface area (Å²) in [6.45, 7) is 8.62. The highest BCUT2D eigenvalue weighted by Crippen LogP contribution is 2.20. The van der Waals surface area contributed by atoms with E-state index in [1.165, 1.54) is 116 Å². The molecule has 0 aromatic carbocycles. The van der Waals surface area contributed by atoms with Crippen molar-refractivity contribution in [2.75, 3.05) is 19.8 Å². The minimum Gasteiger partial charge on any atom is -0.462 e. The van der Waals surface area contributed by atoms with E-state index in [1.54, 1.807) is 0 Å². The number of aliphatic hydroxyl groups is 1. The van der Waals surface area contributed by atoms with Crippen molar-refractivity contribution in [1.82, 2.24) is 5.06 Å². The second kappa shape index (κ2) is 40.8. The van der Waals surface area contributed by atoms with Crippen molar-refractivity contribution in [1.29, 1.82) is 0 Å². The first-order chi connectivity index (χ1) is 24.6. The van der Waals surface area contributed by atoms with Gasteiger partial charge in [0.05, 0.1) is 6.61 Å². The Kier molecular flexibility index (Phi) is 40.0. The molecule has 0 aromatic rings. The molecule has 0 spiro atoms. The molecular weight excluding hydrogens is 622 g/mol. The standard InChI is InChI=1S/C44H87NO5/c1-4-7-10-13-16-25-32-41-49-45(42(37-40-47)33-26-19-18-24-31-39-46)38-30-23-17-22-29-36-44(48)50-43(34-27-20-14-11-8-5-2)35-28-21-15-12-9-6-3/h39,42-43,47H,4-38,40-41H2,1-3H3. The quantitative estimate of drug-likeness (QED) is 0.0294. The number of esters is 1. The zero-order valence-electron chi connectivity index (χ0n) is 33.9. The number of ether oxygens (including phenoxy) is 1. The van der Waals surface area contributed by atoms with Gasteiger partial charge in [0, 0.05) is 32.0 Å². The van der Waals surface area contributed by atoms with Crippen LogP contribution in [-0.4, -0.2) is 54.3 Å². The Morgan fingerprint density at radius 1 is 0.560 bits per heavy atom. The first-order valence-corrected chi connectivity index (χ1v) is 22.3. The van der Waals surface area contributed by atoms with Gasteiger partial charge in [0.2, 0.25) is 0 Å². The molecule has 1 atom stereocenters. The van der Waals surface area contributed by atoms with E-state index < -0.39 is 0 Å². The van der Waals surface area contributed by atoms with E-state index in [9.17, 15) is 14.7 Å². The average molecular weight is 710 g/mol. The zero-order chi connectivity index (χ0) is 36.6. The van der Waals surface area contributed by atoms with Gasteiger partial charge in [-0.3, -0.25) is 9.63 Å². The lowest BCUT2D eigenvalue weighted by molar-refractivity contribution is -0.192. The van der Waals surface area contributed by atoms with Crippen LogP contribution in [0.15, 0.2) is 0 Å². The number of hydrogen-bond donors (Lipinski definition) is 1. The smallest absolute Gasteiger partial charge is 0.306 e. The fourth-order valence-corrected chi connectivity index (χ4v) is 7.02. The predicted octanol–water partition coefficient (Wildman–Crippen LogP) is 13.0. The largest absolute Gasteiger partial charge is 0.462 e. The topological polar surface area (TPSA) is 76.1 Å². The summed E-state index contributed by atoms with van der Waals surface area (Å²) in [5.74, 6) is 0.00917. The lowest BCUT2D eigenvalue weighted by atomic mass is 10.0. The Bertz CT molecular complexity index is 673. The molecule has 0 saturated carbocycles. The molecule has 0 heterocycles. The van der Waals surface area contributed by atoms with Gasteiger partial charge in [0.25, 0.3) is 0 Å². The summed E-state index contributed by atoms with van der Waals surface area (Å²) in [7, 11) is 0. The van der Waals surface area contributed by atoms with Gasteiger partial charge in [-0.1, -0.05) is 162 Å². The van der Waals surface area contributed by atoms with Crippen LogP contribution in [0.5, 0.6) is 0 Å². The van der Waals surface area contributed by atoms with Crippen molar-refractivity contribution >= 4 is 12.3 Å². The van der Waals surface area contributed by atoms with Crippen molar-refractivity contribution in [3.05, 3.63) is 0 Å². The van der Waals surface area contributed by atoms with Crippen LogP contribution in [0.4, 0.5) is 0 Å². The van der Waals surface area contributed by atoms with Gasteiger partial charge in [-0.05, 0) is 64.2 Å². The molecule has 298 valence electrons. The summed E-state index contributed by atoms with van der Waals surface area (Å²) in [5, 5.41) is 12.0. The van der Waals surface area contributed by atoms with Gasteiger partial charge >= 0.3 is 5.97 Å². The molecule has 0 rings (SSSR count). The van der Waals surface area contributed by atoms with E-state index in [-0.39, 0.29) is 24.7 Å². The van der Waals surface area contributed by atoms with E-state index >= 15 is 0 Å². The average Bonchev–Trinajstić information content (AvgIpc) is 3.11. The van der Waals surface area contributed by atoms with Crippen LogP contribution in [0.1, 0.15) is 239 Å². The molecule has 1 unspecified atom stereocenters. The Morgan fingerprint density at radius 3 is 1.56 bits per heavy atom. The van der Waals surface area contributed by atoms with Crippen LogP contribution >= 0.6 is 0 Å². The maximum absolute atomic E-state index is 12.8. The maximum atomic E-state index is 12.8. The van der Waals surface area contributed by atoms with Gasteiger partial charge in [0.1, 0.15) is 12.4 Å². The number of carbonyl (C=O) groups is 2. The Hall–Kier alpha value is -0.980. The highest BCUT2D eigenvalue weighted by Gasteiger charge is 2.19. The number of aliphatic hydroxyl groups excluding tert-OH is 1. The first-order valence-electron chi connectivity index (χ1n) is 22.3. The molecule has 0 aliphatic carbocycles. The molecule has 0 saturated heterocycles. The van der Waals surface area contributed by atoms with Gasteiger partial charge in [0.15, 0.2) is 0 Å². The third-order valence-corrected chi connectivity index (χ3v) is 10.3. The summed E-state index contributed by atoms with van der Waals surface area (Å²) in [5.41, 5.74) is 0. The van der Waals surface area contributed by atoms with Crippen LogP contribution in [0, 0.1) is 0 Å². The third-order valence-electron chi connectivity index (χ3n) is 10.3. The van der Waals surface area contributed by atoms with Crippen molar-refractivity contribution in [2.24, 2.45) is 0 Å². The molecule has 0 amide bonds. The summed E-state index contributed by atoms with van der Waals surface area (Å²) >= 11 is 0. The van der Waals surface area contributed by atoms with E-state index in [0.29, 0.717) is 12.8 Å². The number of rotatable bonds is 42. The van der Waals surface area contributed by atoms with Crippen molar-refractivity contribution < 1.29 is 24.3 Å². The normalized spacial score (nSPS) is 12.3. The molecule has 50 heavy (non-hydrogen) atoms. The molecule has 0 fully saturated rings. The fourth-order valence-electron chi connectivity index (χ4n) is 7.02. The summed E-state index contributed by atoms with van der Waals surface area (Å²) in [6.07, 6.45) is 40.0. The SMILES string of the molecule is CCCCCCCCCON(CCCCCCCC(=O)OC(CCCCCCCC)CCCCCCCC)C(CCO)CCCCCCC=O. The second-order valence-electron chi connectivity index (χ2n) is 15.2. The van der Waals surface area contributed by atoms with E-state index in [0.717, 1.165) is 109 Å². The van der Waals surface area contributed by atoms with E-state index in [4.69, 9.17) is 9.57 Å². The monoisotopic (exact) mass is 710 g/mol. The molecule has 1 N–H and O–H groups in total. The second-order valence-corrected chi connectivity index (χ2v) is 15.2. The van der Waals surface area contributed by atoms with Crippen LogP contribution in [0.3, 0.4) is 0 Å². The van der Waals surface area contributed by atoms with Crippen molar-refractivity contribution in [3.8, 4) is 0 Å². The first kappa shape index (κ1) is 49.0. The van der Waals surface area contributed by atoms with Gasteiger partial charge in [-0.2, -0.15) is 5.06 Å². The molecule has 0 bridgehead atoms. The number of carbonyl (C=O) groups excluding carboxylic acids is 2. The maximum Gasteiger partial charge on any atom is 0.306 e. The molecular formula is C44H87NO5. The van der Waals surface area contributed by atoms with Crippen LogP contribution in [0.25, 0.3) is 0 Å². The van der Waals surface area contributed by atoms with E-state index in [2.05, 4.69) is 25.8 Å². The molecule has 0 aliphatic heterocycles. The van der Waals surface area contributed by atoms with Crippen molar-refractivity contribution in [2.45, 2.75) is 251 Å². The minimum atomic E-state index is 0.00917. The number of hydroxylamine groups is 2. The fraction of sp³-hybridized carbons (Fsp3) is 0.955. The molecule has 0 aromatic heterocycles. The summed E-state index contributed by atoms with van der Waals surface area (Å²) in [4.78, 5) is 29.8. The molecule has 6 nitrogen and oxygen atoms in total. The minimum absolute atomic E-state index is 0.00917. The third kappa shape index (κ3) is 34.1. The zero-order valence-corrected chi connectivity index (χ0v) is 33.9. The lowest BCUT2D eigenvalue weighted by Crippen LogP contribution is -2.37. The Balaban J connectivity index is 4.59. The number of aldehydes is 1. The van der Waals surface area contributed by atoms with Gasteiger partial charge in [-0.15, -0.1) is 0 Å². The Morgan fingerprint density at radius 2 is 1.02 bits per heavy atom. The number of unbranched alkanes of at least 4 members (excludes halogenated alkanes) is 24. The summed E-state index contributed by atoms with van der Waals surface area (Å²) < 4.78 is 6.06. The lowest BCUT2D eigenvalue weighted by Gasteiger charge is -2.31. The number of nitrogens with zero attached hydrogens (tertiary/aromatic N) is 1. The van der Waals surface area contributed by atoms with Crippen LogP contribution in [-0.2, 0) is 19.2 Å². The highest BCUT2D eigenvalue weighted by molar-refractivity contribution is 5.69. The number of hydrogen-bond acceptors (Lipinski definition) is 6. The molecule has 6 heteroatoms. The Labute approximate surface area is 311 Å². The molecule has 0 radical (unpaired) electrons. The van der Waals surface area contributed by atoms with Crippen LogP contribution < -0.4 is 0 Å². The van der Waals surface area contributed by atoms with Crippen LogP contribution in [0.2, 0.25) is 0 Å². The highest BCUT2D eigenvalue weighted by atomic mass is 16.7. The molecule has 0 aliphatic rings. The predicted molar refractivity (Wildman–Crippen MR) is 213 cm³/mol. The summed E-state index contributed by atoms with van der Waals surface area (Å²) in [6, 6.07) is 0.242. The van der Waals surface area contributed by atoms with Crippen molar-refractivity contribution in [3.63, 3.8) is 0 Å². The van der Waals surface area contributed by atoms with Gasteiger partial charge < -0.3 is 14.6 Å². The van der Waals surface area contributed by atoms with E-state index in [1.807, 2.05) is 0 Å².